The molecule has 0 aliphatic heterocycles. The topological polar surface area (TPSA) is 20.3 Å². The first-order valence-electron chi connectivity index (χ1n) is 5.54. The van der Waals surface area contributed by atoms with E-state index in [-0.39, 0.29) is 5.91 Å². The van der Waals surface area contributed by atoms with Crippen molar-refractivity contribution >= 4 is 17.2 Å². The highest BCUT2D eigenvalue weighted by Gasteiger charge is 2.15. The molecule has 0 atom stereocenters. The third kappa shape index (κ3) is 3.34. The predicted octanol–water partition coefficient (Wildman–Crippen LogP) is 3.32. The molecular weight excluding hydrogens is 206 g/mol. The van der Waals surface area contributed by atoms with Crippen molar-refractivity contribution in [1.29, 1.82) is 0 Å². The van der Waals surface area contributed by atoms with Gasteiger partial charge in [-0.15, -0.1) is 11.3 Å². The lowest BCUT2D eigenvalue weighted by Gasteiger charge is -2.20. The number of aryl methyl sites for hydroxylation is 1. The van der Waals surface area contributed by atoms with Crippen molar-refractivity contribution in [3.63, 3.8) is 0 Å². The van der Waals surface area contributed by atoms with Crippen molar-refractivity contribution < 1.29 is 4.79 Å². The molecule has 84 valence electrons. The van der Waals surface area contributed by atoms with Gasteiger partial charge in [0, 0.05) is 18.0 Å². The average Bonchev–Trinajstić information content (AvgIpc) is 2.63. The Bertz CT molecular complexity index is 313. The molecular formula is C12H19NOS. The van der Waals surface area contributed by atoms with Gasteiger partial charge in [0.25, 0.3) is 5.91 Å². The first-order chi connectivity index (χ1) is 7.19. The Morgan fingerprint density at radius 2 is 1.87 bits per heavy atom. The third-order valence-corrected chi connectivity index (χ3v) is 3.21. The highest BCUT2D eigenvalue weighted by Crippen LogP contribution is 2.17. The van der Waals surface area contributed by atoms with Gasteiger partial charge in [-0.05, 0) is 31.9 Å². The fourth-order valence-electron chi connectivity index (χ4n) is 1.56. The van der Waals surface area contributed by atoms with Crippen LogP contribution >= 0.6 is 11.3 Å². The van der Waals surface area contributed by atoms with Crippen LogP contribution in [0.15, 0.2) is 12.1 Å². The van der Waals surface area contributed by atoms with E-state index in [0.717, 1.165) is 30.8 Å². The van der Waals surface area contributed by atoms with Crippen LogP contribution in [0.3, 0.4) is 0 Å². The van der Waals surface area contributed by atoms with Gasteiger partial charge in [-0.3, -0.25) is 4.79 Å². The number of rotatable bonds is 5. The predicted molar refractivity (Wildman–Crippen MR) is 65.5 cm³/mol. The van der Waals surface area contributed by atoms with E-state index in [1.807, 2.05) is 24.0 Å². The standard InChI is InChI=1S/C12H19NOS/c1-4-8-13(9-5-2)12(14)11-7-6-10(3)15-11/h6-7H,4-5,8-9H2,1-3H3. The lowest BCUT2D eigenvalue weighted by Crippen LogP contribution is -2.31. The summed E-state index contributed by atoms with van der Waals surface area (Å²) in [5, 5.41) is 0. The van der Waals surface area contributed by atoms with E-state index in [0.29, 0.717) is 0 Å². The molecule has 1 aromatic heterocycles. The number of hydrogen-bond donors (Lipinski definition) is 0. The lowest BCUT2D eigenvalue weighted by molar-refractivity contribution is 0.0760. The summed E-state index contributed by atoms with van der Waals surface area (Å²) in [5.41, 5.74) is 0. The highest BCUT2D eigenvalue weighted by atomic mass is 32.1. The molecule has 15 heavy (non-hydrogen) atoms. The molecule has 0 radical (unpaired) electrons. The maximum atomic E-state index is 12.1. The zero-order valence-electron chi connectivity index (χ0n) is 9.75. The normalized spacial score (nSPS) is 10.3. The Hall–Kier alpha value is -0.830. The number of carbonyl (C=O) groups excluding carboxylic acids is 1. The van der Waals surface area contributed by atoms with Gasteiger partial charge in [0.05, 0.1) is 4.88 Å². The van der Waals surface area contributed by atoms with E-state index in [1.165, 1.54) is 4.88 Å². The number of thiophene rings is 1. The Morgan fingerprint density at radius 1 is 1.27 bits per heavy atom. The van der Waals surface area contributed by atoms with Crippen molar-refractivity contribution in [3.05, 3.63) is 21.9 Å². The average molecular weight is 225 g/mol. The first kappa shape index (κ1) is 12.2. The number of carbonyl (C=O) groups is 1. The summed E-state index contributed by atoms with van der Waals surface area (Å²) in [4.78, 5) is 16.1. The van der Waals surface area contributed by atoms with Crippen molar-refractivity contribution in [2.45, 2.75) is 33.6 Å². The van der Waals surface area contributed by atoms with Crippen LogP contribution in [0.25, 0.3) is 0 Å². The summed E-state index contributed by atoms with van der Waals surface area (Å²) in [5.74, 6) is 0.191. The van der Waals surface area contributed by atoms with Crippen molar-refractivity contribution in [1.82, 2.24) is 4.90 Å². The van der Waals surface area contributed by atoms with Crippen LogP contribution in [0.4, 0.5) is 0 Å². The summed E-state index contributed by atoms with van der Waals surface area (Å²) in [7, 11) is 0. The van der Waals surface area contributed by atoms with E-state index in [2.05, 4.69) is 13.8 Å². The largest absolute Gasteiger partial charge is 0.338 e. The summed E-state index contributed by atoms with van der Waals surface area (Å²) >= 11 is 1.58. The van der Waals surface area contributed by atoms with E-state index in [9.17, 15) is 4.79 Å². The van der Waals surface area contributed by atoms with Gasteiger partial charge in [0.15, 0.2) is 0 Å². The molecule has 0 spiro atoms. The van der Waals surface area contributed by atoms with Crippen LogP contribution in [0.5, 0.6) is 0 Å². The molecule has 0 N–H and O–H groups in total. The van der Waals surface area contributed by atoms with Crippen LogP contribution < -0.4 is 0 Å². The van der Waals surface area contributed by atoms with Gasteiger partial charge in [0.2, 0.25) is 0 Å². The molecule has 0 saturated heterocycles. The molecule has 2 nitrogen and oxygen atoms in total. The third-order valence-electron chi connectivity index (χ3n) is 2.23. The van der Waals surface area contributed by atoms with Crippen LogP contribution in [-0.4, -0.2) is 23.9 Å². The van der Waals surface area contributed by atoms with E-state index >= 15 is 0 Å². The van der Waals surface area contributed by atoms with E-state index in [4.69, 9.17) is 0 Å². The zero-order valence-corrected chi connectivity index (χ0v) is 10.6. The fourth-order valence-corrected chi connectivity index (χ4v) is 2.40. The van der Waals surface area contributed by atoms with Crippen molar-refractivity contribution in [2.24, 2.45) is 0 Å². The minimum absolute atomic E-state index is 0.191. The monoisotopic (exact) mass is 225 g/mol. The molecule has 0 aromatic carbocycles. The quantitative estimate of drug-likeness (QED) is 0.752. The zero-order chi connectivity index (χ0) is 11.3. The van der Waals surface area contributed by atoms with E-state index in [1.54, 1.807) is 11.3 Å². The lowest BCUT2D eigenvalue weighted by atomic mass is 10.3. The van der Waals surface area contributed by atoms with Gasteiger partial charge in [-0.25, -0.2) is 0 Å². The second-order valence-corrected chi connectivity index (χ2v) is 4.99. The molecule has 1 aromatic rings. The number of amides is 1. The molecule has 0 unspecified atom stereocenters. The summed E-state index contributed by atoms with van der Waals surface area (Å²) in [6.45, 7) is 7.98. The SMILES string of the molecule is CCCN(CCC)C(=O)c1ccc(C)s1. The molecule has 0 fully saturated rings. The minimum Gasteiger partial charge on any atom is -0.338 e. The number of hydrogen-bond acceptors (Lipinski definition) is 2. The smallest absolute Gasteiger partial charge is 0.263 e. The van der Waals surface area contributed by atoms with Gasteiger partial charge >= 0.3 is 0 Å². The van der Waals surface area contributed by atoms with Gasteiger partial charge in [-0.1, -0.05) is 13.8 Å². The Kier molecular flexibility index (Phi) is 4.82. The summed E-state index contributed by atoms with van der Waals surface area (Å²) < 4.78 is 0. The molecule has 0 bridgehead atoms. The second kappa shape index (κ2) is 5.91. The molecule has 0 saturated carbocycles. The van der Waals surface area contributed by atoms with Crippen LogP contribution in [0, 0.1) is 6.92 Å². The second-order valence-electron chi connectivity index (χ2n) is 3.70. The maximum Gasteiger partial charge on any atom is 0.263 e. The molecule has 1 heterocycles. The van der Waals surface area contributed by atoms with Gasteiger partial charge in [-0.2, -0.15) is 0 Å². The molecule has 0 aliphatic rings. The van der Waals surface area contributed by atoms with Crippen LogP contribution in [-0.2, 0) is 0 Å². The first-order valence-corrected chi connectivity index (χ1v) is 6.36. The Balaban J connectivity index is 2.71. The van der Waals surface area contributed by atoms with Gasteiger partial charge in [0.1, 0.15) is 0 Å². The highest BCUT2D eigenvalue weighted by molar-refractivity contribution is 7.13. The Labute approximate surface area is 95.9 Å². The van der Waals surface area contributed by atoms with Crippen molar-refractivity contribution in [2.75, 3.05) is 13.1 Å². The van der Waals surface area contributed by atoms with Crippen LogP contribution in [0.2, 0.25) is 0 Å². The summed E-state index contributed by atoms with van der Waals surface area (Å²) in [6.07, 6.45) is 2.05. The Morgan fingerprint density at radius 3 is 2.27 bits per heavy atom. The molecule has 3 heteroatoms. The number of nitrogens with zero attached hydrogens (tertiary/aromatic N) is 1. The minimum atomic E-state index is 0.191. The summed E-state index contributed by atoms with van der Waals surface area (Å²) in [6, 6.07) is 3.94. The van der Waals surface area contributed by atoms with E-state index < -0.39 is 0 Å². The molecule has 0 aliphatic carbocycles. The maximum absolute atomic E-state index is 12.1. The molecule has 1 rings (SSSR count). The molecule has 1 amide bonds. The van der Waals surface area contributed by atoms with Crippen LogP contribution in [0.1, 0.15) is 41.2 Å². The van der Waals surface area contributed by atoms with Crippen molar-refractivity contribution in [3.8, 4) is 0 Å². The van der Waals surface area contributed by atoms with Gasteiger partial charge < -0.3 is 4.90 Å². The fraction of sp³-hybridized carbons (Fsp3) is 0.583.